The number of aromatic nitrogens is 2. The van der Waals surface area contributed by atoms with Crippen LogP contribution in [-0.4, -0.2) is 54.2 Å². The number of rotatable bonds is 7. The molecule has 1 unspecified atom stereocenters. The fourth-order valence-corrected chi connectivity index (χ4v) is 4.43. The highest BCUT2D eigenvalue weighted by Gasteiger charge is 2.17. The summed E-state index contributed by atoms with van der Waals surface area (Å²) >= 11 is 2.85. The van der Waals surface area contributed by atoms with Gasteiger partial charge in [0.1, 0.15) is 13.2 Å². The molecule has 0 spiro atoms. The molecule has 1 atom stereocenters. The van der Waals surface area contributed by atoms with Gasteiger partial charge >= 0.3 is 0 Å². The van der Waals surface area contributed by atoms with Gasteiger partial charge in [-0.25, -0.2) is 0 Å². The van der Waals surface area contributed by atoms with Crippen LogP contribution in [0.15, 0.2) is 22.5 Å². The van der Waals surface area contributed by atoms with Crippen molar-refractivity contribution in [3.8, 4) is 11.5 Å². The summed E-state index contributed by atoms with van der Waals surface area (Å²) in [5.74, 6) is 1.64. The fraction of sp³-hybridized carbons (Fsp3) is 0.471. The second-order valence-electron chi connectivity index (χ2n) is 5.96. The van der Waals surface area contributed by atoms with Crippen molar-refractivity contribution in [2.75, 3.05) is 37.4 Å². The van der Waals surface area contributed by atoms with E-state index in [1.165, 1.54) is 23.1 Å². The minimum atomic E-state index is 0.0241. The molecule has 7 nitrogen and oxygen atoms in total. The van der Waals surface area contributed by atoms with Gasteiger partial charge in [0.2, 0.25) is 5.13 Å². The Labute approximate surface area is 159 Å². The van der Waals surface area contributed by atoms with Crippen molar-refractivity contribution in [2.24, 2.45) is 0 Å². The molecular formula is C17H19N3O4S2. The third-order valence-electron chi connectivity index (χ3n) is 4.10. The number of nitrogens with one attached hydrogen (secondary N) is 1. The maximum atomic E-state index is 12.4. The molecule has 0 radical (unpaired) electrons. The zero-order chi connectivity index (χ0) is 17.8. The SMILES string of the molecule is O=C(CSc1nnc(NCC2CCCO2)s1)c1ccc2c(c1)OCCO2. The van der Waals surface area contributed by atoms with Crippen molar-refractivity contribution in [3.05, 3.63) is 23.8 Å². The number of nitrogens with zero attached hydrogens (tertiary/aromatic N) is 2. The van der Waals surface area contributed by atoms with E-state index in [0.717, 1.165) is 35.5 Å². The number of fused-ring (bicyclic) bond motifs is 1. The van der Waals surface area contributed by atoms with E-state index in [-0.39, 0.29) is 11.9 Å². The Morgan fingerprint density at radius 1 is 1.23 bits per heavy atom. The third kappa shape index (κ3) is 4.28. The number of anilines is 1. The van der Waals surface area contributed by atoms with Crippen LogP contribution in [0.3, 0.4) is 0 Å². The lowest BCUT2D eigenvalue weighted by atomic mass is 10.1. The predicted molar refractivity (Wildman–Crippen MR) is 99.9 cm³/mol. The van der Waals surface area contributed by atoms with Crippen molar-refractivity contribution in [2.45, 2.75) is 23.3 Å². The zero-order valence-electron chi connectivity index (χ0n) is 14.1. The Bertz CT molecular complexity index is 777. The summed E-state index contributed by atoms with van der Waals surface area (Å²) in [5.41, 5.74) is 0.614. The van der Waals surface area contributed by atoms with Crippen LogP contribution in [0.2, 0.25) is 0 Å². The Hall–Kier alpha value is -1.84. The highest BCUT2D eigenvalue weighted by Crippen LogP contribution is 2.32. The minimum absolute atomic E-state index is 0.0241. The summed E-state index contributed by atoms with van der Waals surface area (Å²) in [4.78, 5) is 12.4. The van der Waals surface area contributed by atoms with Crippen LogP contribution < -0.4 is 14.8 Å². The lowest BCUT2D eigenvalue weighted by molar-refractivity contribution is 0.102. The first-order valence-corrected chi connectivity index (χ1v) is 10.3. The smallest absolute Gasteiger partial charge is 0.206 e. The summed E-state index contributed by atoms with van der Waals surface area (Å²) in [6, 6.07) is 5.29. The predicted octanol–water partition coefficient (Wildman–Crippen LogP) is 2.88. The number of hydrogen-bond acceptors (Lipinski definition) is 9. The average Bonchev–Trinajstić information content (AvgIpc) is 3.36. The first kappa shape index (κ1) is 17.6. The molecular weight excluding hydrogens is 374 g/mol. The van der Waals surface area contributed by atoms with E-state index in [0.29, 0.717) is 36.0 Å². The lowest BCUT2D eigenvalue weighted by Gasteiger charge is -2.18. The summed E-state index contributed by atoms with van der Waals surface area (Å²) < 4.78 is 17.3. The molecule has 1 aromatic heterocycles. The quantitative estimate of drug-likeness (QED) is 0.568. The van der Waals surface area contributed by atoms with Crippen molar-refractivity contribution in [1.29, 1.82) is 0 Å². The average molecular weight is 393 g/mol. The number of ether oxygens (including phenoxy) is 3. The number of ketones is 1. The number of hydrogen-bond donors (Lipinski definition) is 1. The molecule has 1 fully saturated rings. The molecule has 0 aliphatic carbocycles. The summed E-state index contributed by atoms with van der Waals surface area (Å²) in [7, 11) is 0. The van der Waals surface area contributed by atoms with E-state index < -0.39 is 0 Å². The van der Waals surface area contributed by atoms with Gasteiger partial charge in [0.15, 0.2) is 21.6 Å². The van der Waals surface area contributed by atoms with Gasteiger partial charge in [-0.3, -0.25) is 4.79 Å². The van der Waals surface area contributed by atoms with E-state index in [1.54, 1.807) is 18.2 Å². The topological polar surface area (TPSA) is 82.6 Å². The van der Waals surface area contributed by atoms with E-state index >= 15 is 0 Å². The molecule has 4 rings (SSSR count). The van der Waals surface area contributed by atoms with Crippen LogP contribution in [0.5, 0.6) is 11.5 Å². The van der Waals surface area contributed by atoms with Crippen LogP contribution in [0.4, 0.5) is 5.13 Å². The first-order valence-electron chi connectivity index (χ1n) is 8.52. The van der Waals surface area contributed by atoms with Crippen molar-refractivity contribution >= 4 is 34.0 Å². The monoisotopic (exact) mass is 393 g/mol. The molecule has 1 aromatic carbocycles. The van der Waals surface area contributed by atoms with Crippen LogP contribution in [0.1, 0.15) is 23.2 Å². The van der Waals surface area contributed by atoms with Crippen LogP contribution >= 0.6 is 23.1 Å². The molecule has 138 valence electrons. The van der Waals surface area contributed by atoms with Crippen molar-refractivity contribution in [1.82, 2.24) is 10.2 Å². The van der Waals surface area contributed by atoms with Crippen LogP contribution in [-0.2, 0) is 4.74 Å². The molecule has 0 saturated carbocycles. The van der Waals surface area contributed by atoms with Crippen LogP contribution in [0.25, 0.3) is 0 Å². The second-order valence-corrected chi connectivity index (χ2v) is 8.16. The Morgan fingerprint density at radius 2 is 2.12 bits per heavy atom. The molecule has 2 aromatic rings. The number of thioether (sulfide) groups is 1. The molecule has 1 saturated heterocycles. The first-order chi connectivity index (χ1) is 12.8. The van der Waals surface area contributed by atoms with Gasteiger partial charge in [0.05, 0.1) is 11.9 Å². The molecule has 9 heteroatoms. The Morgan fingerprint density at radius 3 is 2.96 bits per heavy atom. The summed E-state index contributed by atoms with van der Waals surface area (Å²) in [5, 5.41) is 12.3. The third-order valence-corrected chi connectivity index (χ3v) is 6.12. The molecule has 26 heavy (non-hydrogen) atoms. The molecule has 3 heterocycles. The summed E-state index contributed by atoms with van der Waals surface area (Å²) in [6.07, 6.45) is 2.45. The lowest BCUT2D eigenvalue weighted by Crippen LogP contribution is -2.18. The number of Topliss-reactive ketones (excluding diaryl/α,β-unsaturated/α-hetero) is 1. The molecule has 2 aliphatic heterocycles. The van der Waals surface area contributed by atoms with E-state index in [4.69, 9.17) is 14.2 Å². The van der Waals surface area contributed by atoms with Gasteiger partial charge < -0.3 is 19.5 Å². The van der Waals surface area contributed by atoms with Crippen molar-refractivity contribution in [3.63, 3.8) is 0 Å². The number of benzene rings is 1. The maximum absolute atomic E-state index is 12.4. The van der Waals surface area contributed by atoms with Crippen LogP contribution in [0, 0.1) is 0 Å². The number of carbonyl (C=O) groups excluding carboxylic acids is 1. The van der Waals surface area contributed by atoms with Gasteiger partial charge in [-0.15, -0.1) is 10.2 Å². The standard InChI is InChI=1S/C17H19N3O4S2/c21-13(11-3-4-14-15(8-11)24-7-6-23-14)10-25-17-20-19-16(26-17)18-9-12-2-1-5-22-12/h3-4,8,12H,1-2,5-7,9-10H2,(H,18,19). The molecule has 0 amide bonds. The number of carbonyl (C=O) groups is 1. The van der Waals surface area contributed by atoms with Crippen molar-refractivity contribution < 1.29 is 19.0 Å². The molecule has 1 N–H and O–H groups in total. The molecule has 2 aliphatic rings. The van der Waals surface area contributed by atoms with Gasteiger partial charge in [-0.05, 0) is 31.0 Å². The van der Waals surface area contributed by atoms with Gasteiger partial charge in [0.25, 0.3) is 0 Å². The van der Waals surface area contributed by atoms with E-state index in [9.17, 15) is 4.79 Å². The van der Waals surface area contributed by atoms with Gasteiger partial charge in [0, 0.05) is 18.7 Å². The van der Waals surface area contributed by atoms with Gasteiger partial charge in [-0.1, -0.05) is 23.1 Å². The normalized spacial score (nSPS) is 18.7. The Kier molecular flexibility index (Phi) is 5.57. The summed E-state index contributed by atoms with van der Waals surface area (Å²) in [6.45, 7) is 2.63. The van der Waals surface area contributed by atoms with E-state index in [1.807, 2.05) is 0 Å². The maximum Gasteiger partial charge on any atom is 0.206 e. The Balaban J connectivity index is 1.29. The zero-order valence-corrected chi connectivity index (χ0v) is 15.7. The molecule has 0 bridgehead atoms. The van der Waals surface area contributed by atoms with E-state index in [2.05, 4.69) is 15.5 Å². The van der Waals surface area contributed by atoms with Gasteiger partial charge in [-0.2, -0.15) is 0 Å². The second kappa shape index (κ2) is 8.24. The fourth-order valence-electron chi connectivity index (χ4n) is 2.77. The largest absolute Gasteiger partial charge is 0.486 e. The highest BCUT2D eigenvalue weighted by atomic mass is 32.2. The minimum Gasteiger partial charge on any atom is -0.486 e. The highest BCUT2D eigenvalue weighted by molar-refractivity contribution is 8.01.